The first-order valence-corrected chi connectivity index (χ1v) is 10.3. The number of carbonyl (C=O) groups is 2. The number of primary amides is 1. The van der Waals surface area contributed by atoms with Gasteiger partial charge in [0.1, 0.15) is 5.75 Å². The zero-order valence-electron chi connectivity index (χ0n) is 17.0. The molecule has 9 heteroatoms. The smallest absolute Gasteiger partial charge is 0.250 e. The summed E-state index contributed by atoms with van der Waals surface area (Å²) in [5.41, 5.74) is 7.02. The van der Waals surface area contributed by atoms with Gasteiger partial charge in [0, 0.05) is 7.05 Å². The Hall–Kier alpha value is -3.33. The minimum absolute atomic E-state index is 0.103. The van der Waals surface area contributed by atoms with Crippen molar-refractivity contribution in [2.45, 2.75) is 25.1 Å². The molecule has 0 saturated heterocycles. The molecule has 0 fully saturated rings. The molecule has 1 unspecified atom stereocenters. The third-order valence-corrected chi connectivity index (χ3v) is 5.45. The van der Waals surface area contributed by atoms with Gasteiger partial charge in [0.15, 0.2) is 17.1 Å². The van der Waals surface area contributed by atoms with Gasteiger partial charge in [-0.1, -0.05) is 42.1 Å². The summed E-state index contributed by atoms with van der Waals surface area (Å²) in [5.74, 6) is 0.670. The monoisotopic (exact) mass is 425 g/mol. The lowest BCUT2D eigenvalue weighted by atomic mass is 10.1. The van der Waals surface area contributed by atoms with Gasteiger partial charge in [-0.2, -0.15) is 0 Å². The predicted octanol–water partition coefficient (Wildman–Crippen LogP) is 3.09. The molecule has 1 heterocycles. The summed E-state index contributed by atoms with van der Waals surface area (Å²) in [6.45, 7) is 3.88. The molecule has 0 spiro atoms. The first-order chi connectivity index (χ1) is 14.4. The number of aromatic nitrogens is 3. The maximum Gasteiger partial charge on any atom is 0.250 e. The van der Waals surface area contributed by atoms with Gasteiger partial charge in [-0.15, -0.1) is 10.2 Å². The zero-order chi connectivity index (χ0) is 21.7. The Labute approximate surface area is 178 Å². The first-order valence-electron chi connectivity index (χ1n) is 9.30. The minimum atomic E-state index is -0.598. The van der Waals surface area contributed by atoms with Gasteiger partial charge in [0.2, 0.25) is 5.91 Å². The number of nitrogens with zero attached hydrogens (tertiary/aromatic N) is 3. The van der Waals surface area contributed by atoms with Crippen LogP contribution in [0.1, 0.15) is 34.8 Å². The fourth-order valence-corrected chi connectivity index (χ4v) is 3.58. The molecular weight excluding hydrogens is 402 g/mol. The Balaban J connectivity index is 1.62. The highest BCUT2D eigenvalue weighted by Gasteiger charge is 2.19. The molecule has 8 nitrogen and oxygen atoms in total. The van der Waals surface area contributed by atoms with Crippen LogP contribution in [0.15, 0.2) is 53.7 Å². The molecular formula is C21H23N5O3S. The van der Waals surface area contributed by atoms with Crippen molar-refractivity contribution < 1.29 is 14.3 Å². The highest BCUT2D eigenvalue weighted by atomic mass is 32.2. The number of aryl methyl sites for hydroxylation is 1. The van der Waals surface area contributed by atoms with E-state index in [0.717, 1.165) is 11.3 Å². The third kappa shape index (κ3) is 4.98. The fourth-order valence-electron chi connectivity index (χ4n) is 2.86. The van der Waals surface area contributed by atoms with Crippen molar-refractivity contribution >= 4 is 29.3 Å². The average Bonchev–Trinajstić information content (AvgIpc) is 3.09. The molecule has 1 aromatic heterocycles. The number of rotatable bonds is 8. The normalized spacial score (nSPS) is 11.7. The van der Waals surface area contributed by atoms with Crippen LogP contribution in [0.2, 0.25) is 0 Å². The van der Waals surface area contributed by atoms with Crippen molar-refractivity contribution in [1.29, 1.82) is 0 Å². The summed E-state index contributed by atoms with van der Waals surface area (Å²) in [7, 11) is 1.83. The van der Waals surface area contributed by atoms with Gasteiger partial charge < -0.3 is 20.4 Å². The van der Waals surface area contributed by atoms with Crippen LogP contribution < -0.4 is 15.8 Å². The molecule has 2 amide bonds. The van der Waals surface area contributed by atoms with E-state index in [1.165, 1.54) is 11.8 Å². The highest BCUT2D eigenvalue weighted by Crippen LogP contribution is 2.26. The van der Waals surface area contributed by atoms with Crippen molar-refractivity contribution in [3.8, 4) is 5.75 Å². The number of anilines is 1. The number of carbonyl (C=O) groups excluding carboxylic acids is 2. The fraction of sp³-hybridized carbons (Fsp3) is 0.238. The maximum atomic E-state index is 12.3. The standard InChI is InChI=1S/C21H23N5O3S/c1-13-8-4-7-11-17(13)29-14(2)20-24-25-21(26(20)3)30-12-18(27)23-16-10-6-5-9-15(16)19(22)28/h4-11,14H,12H2,1-3H3,(H2,22,28)(H,23,27). The molecule has 0 aliphatic heterocycles. The quantitative estimate of drug-likeness (QED) is 0.536. The van der Waals surface area contributed by atoms with Crippen LogP contribution in [-0.4, -0.2) is 32.3 Å². The molecule has 3 N–H and O–H groups in total. The number of hydrogen-bond donors (Lipinski definition) is 2. The van der Waals surface area contributed by atoms with Crippen molar-refractivity contribution in [3.63, 3.8) is 0 Å². The maximum absolute atomic E-state index is 12.3. The molecule has 1 atom stereocenters. The second-order valence-electron chi connectivity index (χ2n) is 6.67. The third-order valence-electron chi connectivity index (χ3n) is 4.43. The molecule has 0 bridgehead atoms. The van der Waals surface area contributed by atoms with Gasteiger partial charge in [-0.3, -0.25) is 9.59 Å². The lowest BCUT2D eigenvalue weighted by Gasteiger charge is -2.15. The summed E-state index contributed by atoms with van der Waals surface area (Å²) in [5, 5.41) is 11.7. The van der Waals surface area contributed by atoms with E-state index in [2.05, 4.69) is 15.5 Å². The van der Waals surface area contributed by atoms with Crippen LogP contribution in [0.4, 0.5) is 5.69 Å². The molecule has 3 aromatic rings. The number of hydrogen-bond acceptors (Lipinski definition) is 6. The molecule has 0 radical (unpaired) electrons. The SMILES string of the molecule is Cc1ccccc1OC(C)c1nnc(SCC(=O)Nc2ccccc2C(N)=O)n1C. The van der Waals surface area contributed by atoms with Gasteiger partial charge >= 0.3 is 0 Å². The molecule has 30 heavy (non-hydrogen) atoms. The van der Waals surface area contributed by atoms with E-state index < -0.39 is 5.91 Å². The van der Waals surface area contributed by atoms with Gasteiger partial charge in [-0.05, 0) is 37.6 Å². The summed E-state index contributed by atoms with van der Waals surface area (Å²) in [4.78, 5) is 23.8. The summed E-state index contributed by atoms with van der Waals surface area (Å²) >= 11 is 1.24. The lowest BCUT2D eigenvalue weighted by Crippen LogP contribution is -2.19. The number of nitrogens with one attached hydrogen (secondary N) is 1. The summed E-state index contributed by atoms with van der Waals surface area (Å²) in [6.07, 6.45) is -0.311. The second kappa shape index (κ2) is 9.45. The van der Waals surface area contributed by atoms with E-state index in [9.17, 15) is 9.59 Å². The predicted molar refractivity (Wildman–Crippen MR) is 116 cm³/mol. The zero-order valence-corrected chi connectivity index (χ0v) is 17.8. The molecule has 156 valence electrons. The largest absolute Gasteiger partial charge is 0.482 e. The number of thioether (sulfide) groups is 1. The van der Waals surface area contributed by atoms with Crippen molar-refractivity contribution in [2.24, 2.45) is 12.8 Å². The number of ether oxygens (including phenoxy) is 1. The summed E-state index contributed by atoms with van der Waals surface area (Å²) < 4.78 is 7.81. The average molecular weight is 426 g/mol. The van der Waals surface area contributed by atoms with E-state index in [0.29, 0.717) is 16.7 Å². The Kier molecular flexibility index (Phi) is 6.73. The molecule has 3 rings (SSSR count). The van der Waals surface area contributed by atoms with Crippen LogP contribution in [0, 0.1) is 6.92 Å². The molecule has 0 saturated carbocycles. The van der Waals surface area contributed by atoms with Crippen molar-refractivity contribution in [1.82, 2.24) is 14.8 Å². The lowest BCUT2D eigenvalue weighted by molar-refractivity contribution is -0.113. The van der Waals surface area contributed by atoms with E-state index in [1.807, 2.05) is 45.2 Å². The van der Waals surface area contributed by atoms with Crippen LogP contribution in [0.5, 0.6) is 5.75 Å². The summed E-state index contributed by atoms with van der Waals surface area (Å²) in [6, 6.07) is 14.4. The topological polar surface area (TPSA) is 112 Å². The highest BCUT2D eigenvalue weighted by molar-refractivity contribution is 7.99. The van der Waals surface area contributed by atoms with Crippen molar-refractivity contribution in [3.05, 3.63) is 65.5 Å². The number of benzene rings is 2. The Bertz CT molecular complexity index is 1070. The van der Waals surface area contributed by atoms with Crippen LogP contribution in [0.25, 0.3) is 0 Å². The van der Waals surface area contributed by atoms with E-state index in [1.54, 1.807) is 28.8 Å². The Morgan fingerprint density at radius 3 is 2.60 bits per heavy atom. The van der Waals surface area contributed by atoms with Gasteiger partial charge in [0.25, 0.3) is 5.91 Å². The first kappa shape index (κ1) is 21.4. The second-order valence-corrected chi connectivity index (χ2v) is 7.61. The van der Waals surface area contributed by atoms with Crippen LogP contribution >= 0.6 is 11.8 Å². The molecule has 2 aromatic carbocycles. The number of nitrogens with two attached hydrogens (primary N) is 1. The molecule has 0 aliphatic carbocycles. The molecule has 0 aliphatic rings. The Morgan fingerprint density at radius 1 is 1.17 bits per heavy atom. The van der Waals surface area contributed by atoms with Crippen molar-refractivity contribution in [2.75, 3.05) is 11.1 Å². The van der Waals surface area contributed by atoms with Gasteiger partial charge in [0.05, 0.1) is 17.0 Å². The van der Waals surface area contributed by atoms with E-state index in [4.69, 9.17) is 10.5 Å². The van der Waals surface area contributed by atoms with Crippen LogP contribution in [-0.2, 0) is 11.8 Å². The van der Waals surface area contributed by atoms with E-state index >= 15 is 0 Å². The minimum Gasteiger partial charge on any atom is -0.482 e. The van der Waals surface area contributed by atoms with E-state index in [-0.39, 0.29) is 23.3 Å². The number of amides is 2. The van der Waals surface area contributed by atoms with Crippen LogP contribution in [0.3, 0.4) is 0 Å². The number of para-hydroxylation sites is 2. The van der Waals surface area contributed by atoms with Gasteiger partial charge in [-0.25, -0.2) is 0 Å². The Morgan fingerprint density at radius 2 is 1.87 bits per heavy atom.